The van der Waals surface area contributed by atoms with E-state index < -0.39 is 0 Å². The van der Waals surface area contributed by atoms with Crippen LogP contribution in [0.15, 0.2) is 220 Å². The van der Waals surface area contributed by atoms with Gasteiger partial charge in [-0.2, -0.15) is 0 Å². The van der Waals surface area contributed by atoms with Crippen LogP contribution in [0.5, 0.6) is 0 Å². The zero-order valence-corrected chi connectivity index (χ0v) is 36.2. The Morgan fingerprint density at radius 3 is 1.27 bits per heavy atom. The molecule has 11 aromatic carbocycles. The summed E-state index contributed by atoms with van der Waals surface area (Å²) in [7, 11) is 0. The molecule has 0 saturated heterocycles. The van der Waals surface area contributed by atoms with Crippen molar-refractivity contribution < 1.29 is 13.3 Å². The van der Waals surface area contributed by atoms with Gasteiger partial charge in [0.2, 0.25) is 0 Å². The van der Waals surface area contributed by atoms with Gasteiger partial charge in [0.15, 0.2) is 0 Å². The van der Waals surface area contributed by atoms with Gasteiger partial charge in [-0.1, -0.05) is 170 Å². The third-order valence-electron chi connectivity index (χ3n) is 14.6. The van der Waals surface area contributed by atoms with Crippen LogP contribution >= 0.6 is 0 Å². The third kappa shape index (κ3) is 5.22. The van der Waals surface area contributed by atoms with E-state index in [2.05, 4.69) is 194 Å². The second kappa shape index (κ2) is 13.9. The summed E-state index contributed by atoms with van der Waals surface area (Å²) in [5, 5.41) is 15.5. The Kier molecular flexibility index (Phi) is 7.62. The van der Waals surface area contributed by atoms with Crippen LogP contribution in [0.1, 0.15) is 29.2 Å². The first kappa shape index (κ1) is 36.7. The Bertz CT molecular complexity index is 4320. The summed E-state index contributed by atoms with van der Waals surface area (Å²) in [6.07, 6.45) is 5.51. The Balaban J connectivity index is 0.948. The molecule has 0 bridgehead atoms. The van der Waals surface area contributed by atoms with Crippen LogP contribution in [0.25, 0.3) is 137 Å². The number of allylic oxidation sites excluding steroid dienone is 1. The number of fused-ring (bicyclic) bond motifs is 13. The van der Waals surface area contributed by atoms with Crippen LogP contribution in [-0.4, -0.2) is 0 Å². The predicted molar refractivity (Wildman–Crippen MR) is 279 cm³/mol. The topological polar surface area (TPSA) is 39.4 Å². The lowest BCUT2D eigenvalue weighted by Crippen LogP contribution is -2.06. The summed E-state index contributed by atoms with van der Waals surface area (Å²) < 4.78 is 19.8. The van der Waals surface area contributed by atoms with Gasteiger partial charge in [-0.3, -0.25) is 0 Å². The molecule has 0 fully saturated rings. The minimum Gasteiger partial charge on any atom is -0.460 e. The molecule has 3 heterocycles. The van der Waals surface area contributed by atoms with Gasteiger partial charge in [0.05, 0.1) is 0 Å². The molecule has 0 N–H and O–H groups in total. The molecule has 312 valence electrons. The third-order valence-corrected chi connectivity index (χ3v) is 14.6. The maximum Gasteiger partial charge on any atom is 0.135 e. The van der Waals surface area contributed by atoms with Crippen molar-refractivity contribution in [3.05, 3.63) is 223 Å². The molecule has 15 rings (SSSR count). The van der Waals surface area contributed by atoms with E-state index in [0.29, 0.717) is 0 Å². The summed E-state index contributed by atoms with van der Waals surface area (Å²) in [6, 6.07) is 72.4. The molecule has 0 spiro atoms. The van der Waals surface area contributed by atoms with E-state index in [0.717, 1.165) is 72.6 Å². The lowest BCUT2D eigenvalue weighted by molar-refractivity contribution is 0.519. The monoisotopic (exact) mass is 854 g/mol. The molecule has 0 amide bonds. The van der Waals surface area contributed by atoms with Crippen molar-refractivity contribution in [3.8, 4) is 33.4 Å². The molecule has 1 aliphatic carbocycles. The van der Waals surface area contributed by atoms with Crippen LogP contribution in [0.4, 0.5) is 0 Å². The molecule has 14 aromatic rings. The first-order chi connectivity index (χ1) is 33.2. The number of benzene rings is 11. The maximum absolute atomic E-state index is 7.23. The van der Waals surface area contributed by atoms with Crippen molar-refractivity contribution in [2.45, 2.75) is 12.3 Å². The van der Waals surface area contributed by atoms with Gasteiger partial charge in [0.1, 0.15) is 33.7 Å². The van der Waals surface area contributed by atoms with Crippen molar-refractivity contribution in [2.75, 3.05) is 0 Å². The van der Waals surface area contributed by atoms with E-state index in [-0.39, 0.29) is 5.92 Å². The fraction of sp³-hybridized carbons (Fsp3) is 0.0312. The largest absolute Gasteiger partial charge is 0.460 e. The van der Waals surface area contributed by atoms with E-state index in [9.17, 15) is 0 Å². The fourth-order valence-corrected chi connectivity index (χ4v) is 11.8. The van der Waals surface area contributed by atoms with Crippen LogP contribution in [0.3, 0.4) is 0 Å². The van der Waals surface area contributed by atoms with Crippen molar-refractivity contribution in [2.24, 2.45) is 0 Å². The second-order valence-electron chi connectivity index (χ2n) is 18.1. The highest BCUT2D eigenvalue weighted by molar-refractivity contribution is 6.25. The van der Waals surface area contributed by atoms with Gasteiger partial charge in [-0.05, 0) is 131 Å². The Labute approximate surface area is 384 Å². The molecule has 1 atom stereocenters. The lowest BCUT2D eigenvalue weighted by Gasteiger charge is -2.24. The molecule has 3 aromatic heterocycles. The Morgan fingerprint density at radius 2 is 0.746 bits per heavy atom. The van der Waals surface area contributed by atoms with Crippen molar-refractivity contribution >= 4 is 104 Å². The highest BCUT2D eigenvalue weighted by Gasteiger charge is 2.31. The van der Waals surface area contributed by atoms with Gasteiger partial charge in [0, 0.05) is 38.4 Å². The summed E-state index contributed by atoms with van der Waals surface area (Å²) in [5.41, 5.74) is 14.2. The van der Waals surface area contributed by atoms with E-state index >= 15 is 0 Å². The van der Waals surface area contributed by atoms with Crippen LogP contribution in [0.2, 0.25) is 0 Å². The normalized spacial score (nSPS) is 14.0. The fourth-order valence-electron chi connectivity index (χ4n) is 11.8. The average Bonchev–Trinajstić information content (AvgIpc) is 4.08. The van der Waals surface area contributed by atoms with Gasteiger partial charge in [-0.25, -0.2) is 0 Å². The summed E-state index contributed by atoms with van der Waals surface area (Å²) in [5.74, 6) is 1.01. The molecule has 1 aliphatic rings. The molecule has 3 heteroatoms. The zero-order valence-electron chi connectivity index (χ0n) is 36.2. The Morgan fingerprint density at radius 1 is 0.328 bits per heavy atom. The number of para-hydroxylation sites is 2. The number of rotatable bonds is 4. The minimum absolute atomic E-state index is 0.00539. The summed E-state index contributed by atoms with van der Waals surface area (Å²) >= 11 is 0. The lowest BCUT2D eigenvalue weighted by atomic mass is 9.78. The maximum atomic E-state index is 7.23. The van der Waals surface area contributed by atoms with E-state index in [4.69, 9.17) is 13.3 Å². The highest BCUT2D eigenvalue weighted by atomic mass is 16.3. The summed E-state index contributed by atoms with van der Waals surface area (Å²) in [6.45, 7) is 0. The first-order valence-corrected chi connectivity index (χ1v) is 23.2. The quantitative estimate of drug-likeness (QED) is 0.166. The zero-order chi connectivity index (χ0) is 43.7. The molecule has 0 radical (unpaired) electrons. The standard InChI is InChI=1S/C64H38O3/c1-5-21-45-41(17-1)59(37-31-33-56-52(35-37)39-15-9-11-28-54(39)65-56)42-18-2-6-22-46(42)61(45)49-25-14-30-58-63(49)51-27-13-26-50(64(51)67-58)62-47-23-7-3-19-43(47)60(44-20-4-8-24-48(44)62)38-32-34-57-53(36-38)40-16-10-12-29-55(40)66-57/h1-25,27-36,50H,26H2. The second-order valence-corrected chi connectivity index (χ2v) is 18.1. The van der Waals surface area contributed by atoms with E-state index in [1.165, 1.54) is 82.0 Å². The number of hydrogen-bond acceptors (Lipinski definition) is 3. The van der Waals surface area contributed by atoms with E-state index in [1.807, 2.05) is 18.2 Å². The van der Waals surface area contributed by atoms with E-state index in [1.54, 1.807) is 0 Å². The first-order valence-electron chi connectivity index (χ1n) is 23.2. The molecule has 0 aliphatic heterocycles. The number of furan rings is 3. The molecule has 1 unspecified atom stereocenters. The van der Waals surface area contributed by atoms with Crippen LogP contribution in [0, 0.1) is 0 Å². The smallest absolute Gasteiger partial charge is 0.135 e. The van der Waals surface area contributed by atoms with Gasteiger partial charge >= 0.3 is 0 Å². The van der Waals surface area contributed by atoms with Crippen molar-refractivity contribution in [1.82, 2.24) is 0 Å². The molecule has 0 saturated carbocycles. The molecule has 67 heavy (non-hydrogen) atoms. The molecular weight excluding hydrogens is 817 g/mol. The van der Waals surface area contributed by atoms with Gasteiger partial charge in [-0.15, -0.1) is 0 Å². The highest BCUT2D eigenvalue weighted by Crippen LogP contribution is 2.52. The number of hydrogen-bond donors (Lipinski definition) is 0. The van der Waals surface area contributed by atoms with Crippen LogP contribution < -0.4 is 0 Å². The Hall–Kier alpha value is -8.66. The van der Waals surface area contributed by atoms with Crippen molar-refractivity contribution in [3.63, 3.8) is 0 Å². The summed E-state index contributed by atoms with van der Waals surface area (Å²) in [4.78, 5) is 0. The van der Waals surface area contributed by atoms with Gasteiger partial charge < -0.3 is 13.3 Å². The average molecular weight is 855 g/mol. The minimum atomic E-state index is -0.00539. The van der Waals surface area contributed by atoms with Gasteiger partial charge in [0.25, 0.3) is 0 Å². The SMILES string of the molecule is C1=Cc2c(oc3cccc(-c4c5ccccc5c(-c5ccc6oc7ccccc7c6c5)c5ccccc45)c23)C(c2c3ccccc3c(-c3ccc4oc5ccccc5c4c3)c3ccccc23)C1. The van der Waals surface area contributed by atoms with Crippen LogP contribution in [-0.2, 0) is 0 Å². The molecular formula is C64H38O3. The van der Waals surface area contributed by atoms with Crippen molar-refractivity contribution in [1.29, 1.82) is 0 Å². The molecule has 3 nitrogen and oxygen atoms in total. The predicted octanol–water partition coefficient (Wildman–Crippen LogP) is 18.4.